The number of hydrogen-bond acceptors (Lipinski definition) is 4. The second-order valence-corrected chi connectivity index (χ2v) is 8.37. The van der Waals surface area contributed by atoms with Crippen molar-refractivity contribution in [3.05, 3.63) is 28.4 Å². The summed E-state index contributed by atoms with van der Waals surface area (Å²) in [5, 5.41) is 9.32. The molecule has 6 heteroatoms. The summed E-state index contributed by atoms with van der Waals surface area (Å²) < 4.78 is 13.6. The van der Waals surface area contributed by atoms with Crippen molar-refractivity contribution in [2.24, 2.45) is 11.8 Å². The highest BCUT2D eigenvalue weighted by molar-refractivity contribution is 5.25. The molecule has 2 aliphatic rings. The fourth-order valence-electron chi connectivity index (χ4n) is 4.23. The molecule has 26 heavy (non-hydrogen) atoms. The van der Waals surface area contributed by atoms with Crippen LogP contribution in [0.1, 0.15) is 62.0 Å². The van der Waals surface area contributed by atoms with Crippen LogP contribution < -0.4 is 4.68 Å². The van der Waals surface area contributed by atoms with Crippen molar-refractivity contribution in [3.63, 3.8) is 0 Å². The Hall–Kier alpha value is -1.69. The van der Waals surface area contributed by atoms with E-state index in [1.54, 1.807) is 0 Å². The SMILES string of the molecule is CC(C)Cc1nn(CC(C)Cc2noc3c2CCCC3)[n+]2c1COCC2. The van der Waals surface area contributed by atoms with Crippen LogP contribution >= 0.6 is 0 Å². The molecule has 1 aliphatic heterocycles. The normalized spacial score (nSPS) is 18.0. The molecule has 2 aromatic heterocycles. The van der Waals surface area contributed by atoms with Crippen molar-refractivity contribution >= 4 is 0 Å². The number of nitrogens with zero attached hydrogens (tertiary/aromatic N) is 4. The van der Waals surface area contributed by atoms with E-state index in [0.29, 0.717) is 18.4 Å². The van der Waals surface area contributed by atoms with Crippen LogP contribution in [-0.2, 0) is 50.1 Å². The van der Waals surface area contributed by atoms with E-state index in [-0.39, 0.29) is 0 Å². The molecule has 3 heterocycles. The third-order valence-electron chi connectivity index (χ3n) is 5.50. The largest absolute Gasteiger partial charge is 0.369 e. The van der Waals surface area contributed by atoms with E-state index in [1.807, 2.05) is 0 Å². The van der Waals surface area contributed by atoms with Crippen molar-refractivity contribution < 1.29 is 13.9 Å². The van der Waals surface area contributed by atoms with E-state index in [9.17, 15) is 0 Å². The smallest absolute Gasteiger partial charge is 0.224 e. The molecule has 1 unspecified atom stereocenters. The van der Waals surface area contributed by atoms with Crippen LogP contribution in [0.15, 0.2) is 4.52 Å². The Balaban J connectivity index is 1.50. The average molecular weight is 359 g/mol. The maximum absolute atomic E-state index is 5.69. The highest BCUT2D eigenvalue weighted by Crippen LogP contribution is 2.26. The van der Waals surface area contributed by atoms with Gasteiger partial charge >= 0.3 is 0 Å². The molecule has 142 valence electrons. The van der Waals surface area contributed by atoms with E-state index in [1.165, 1.54) is 35.5 Å². The maximum atomic E-state index is 5.69. The first-order valence-electron chi connectivity index (χ1n) is 10.1. The van der Waals surface area contributed by atoms with Gasteiger partial charge in [-0.05, 0) is 42.3 Å². The summed E-state index contributed by atoms with van der Waals surface area (Å²) in [6, 6.07) is 0. The monoisotopic (exact) mass is 359 g/mol. The molecule has 6 nitrogen and oxygen atoms in total. The minimum atomic E-state index is 0.470. The molecule has 0 N–H and O–H groups in total. The standard InChI is InChI=1S/C20H31N4O2/c1-14(2)10-18-19-13-25-9-8-23(19)24(21-18)12-15(3)11-17-16-6-4-5-7-20(16)26-22-17/h14-15H,4-13H2,1-3H3/q+1. The van der Waals surface area contributed by atoms with Gasteiger partial charge in [-0.1, -0.05) is 25.9 Å². The van der Waals surface area contributed by atoms with Gasteiger partial charge in [0.05, 0.1) is 12.3 Å². The summed E-state index contributed by atoms with van der Waals surface area (Å²) in [4.78, 5) is 2.17. The zero-order chi connectivity index (χ0) is 18.1. The predicted octanol–water partition coefficient (Wildman–Crippen LogP) is 2.64. The lowest BCUT2D eigenvalue weighted by molar-refractivity contribution is -0.796. The van der Waals surface area contributed by atoms with Gasteiger partial charge in [0.15, 0.2) is 5.69 Å². The maximum Gasteiger partial charge on any atom is 0.224 e. The minimum absolute atomic E-state index is 0.470. The Morgan fingerprint density at radius 2 is 1.96 bits per heavy atom. The molecular weight excluding hydrogens is 328 g/mol. The third-order valence-corrected chi connectivity index (χ3v) is 5.50. The summed E-state index contributed by atoms with van der Waals surface area (Å²) in [6.45, 7) is 10.0. The number of hydrogen-bond donors (Lipinski definition) is 0. The molecule has 0 fully saturated rings. The molecule has 0 aromatic carbocycles. The van der Waals surface area contributed by atoms with Crippen LogP contribution in [0.4, 0.5) is 0 Å². The summed E-state index contributed by atoms with van der Waals surface area (Å²) in [6.07, 6.45) is 6.64. The second-order valence-electron chi connectivity index (χ2n) is 8.37. The molecular formula is C20H31N4O2+. The van der Waals surface area contributed by atoms with Crippen LogP contribution in [0, 0.1) is 11.8 Å². The van der Waals surface area contributed by atoms with Gasteiger partial charge in [-0.25, -0.2) is 0 Å². The lowest BCUT2D eigenvalue weighted by Gasteiger charge is -2.14. The highest BCUT2D eigenvalue weighted by Gasteiger charge is 2.30. The first-order valence-corrected chi connectivity index (χ1v) is 10.1. The van der Waals surface area contributed by atoms with Gasteiger partial charge in [0.2, 0.25) is 5.69 Å². The number of aryl methyl sites for hydroxylation is 1. The zero-order valence-corrected chi connectivity index (χ0v) is 16.3. The first-order chi connectivity index (χ1) is 12.6. The molecule has 1 aliphatic carbocycles. The Labute approximate surface area is 155 Å². The predicted molar refractivity (Wildman–Crippen MR) is 96.6 cm³/mol. The van der Waals surface area contributed by atoms with E-state index < -0.39 is 0 Å². The van der Waals surface area contributed by atoms with Crippen LogP contribution in [0.25, 0.3) is 0 Å². The first kappa shape index (κ1) is 17.7. The number of fused-ring (bicyclic) bond motifs is 2. The molecule has 2 aromatic rings. The van der Waals surface area contributed by atoms with Gasteiger partial charge in [-0.2, -0.15) is 4.68 Å². The van der Waals surface area contributed by atoms with Gasteiger partial charge in [0.25, 0.3) is 0 Å². The molecule has 1 atom stereocenters. The molecule has 0 amide bonds. The Kier molecular flexibility index (Phi) is 5.11. The van der Waals surface area contributed by atoms with Crippen molar-refractivity contribution in [3.8, 4) is 0 Å². The summed E-state index contributed by atoms with van der Waals surface area (Å²) in [5.74, 6) is 2.20. The van der Waals surface area contributed by atoms with Crippen LogP contribution in [0.5, 0.6) is 0 Å². The molecule has 0 saturated heterocycles. The second kappa shape index (κ2) is 7.51. The molecule has 0 radical (unpaired) electrons. The lowest BCUT2D eigenvalue weighted by Crippen LogP contribution is -2.51. The molecule has 0 saturated carbocycles. The van der Waals surface area contributed by atoms with E-state index in [4.69, 9.17) is 14.4 Å². The number of aromatic nitrogens is 4. The van der Waals surface area contributed by atoms with E-state index in [2.05, 4.69) is 35.4 Å². The minimum Gasteiger partial charge on any atom is -0.369 e. The summed E-state index contributed by atoms with van der Waals surface area (Å²) in [5.41, 5.74) is 5.01. The Bertz CT molecular complexity index is 762. The van der Waals surface area contributed by atoms with Crippen molar-refractivity contribution in [1.82, 2.24) is 15.1 Å². The van der Waals surface area contributed by atoms with Gasteiger partial charge < -0.3 is 9.26 Å². The van der Waals surface area contributed by atoms with Crippen LogP contribution in [-0.4, -0.2) is 21.7 Å². The zero-order valence-electron chi connectivity index (χ0n) is 16.3. The third kappa shape index (κ3) is 3.56. The fraction of sp³-hybridized carbons (Fsp3) is 0.750. The summed E-state index contributed by atoms with van der Waals surface area (Å²) >= 11 is 0. The number of rotatable bonds is 6. The Morgan fingerprint density at radius 3 is 2.81 bits per heavy atom. The van der Waals surface area contributed by atoms with Gasteiger partial charge in [-0.15, -0.1) is 0 Å². The van der Waals surface area contributed by atoms with Gasteiger partial charge in [0.1, 0.15) is 25.5 Å². The van der Waals surface area contributed by atoms with Crippen molar-refractivity contribution in [2.75, 3.05) is 6.61 Å². The van der Waals surface area contributed by atoms with Crippen molar-refractivity contribution in [2.45, 2.75) is 79.0 Å². The van der Waals surface area contributed by atoms with Gasteiger partial charge in [-0.3, -0.25) is 0 Å². The Morgan fingerprint density at radius 1 is 1.12 bits per heavy atom. The number of ether oxygens (including phenoxy) is 1. The van der Waals surface area contributed by atoms with E-state index in [0.717, 1.165) is 51.1 Å². The van der Waals surface area contributed by atoms with Crippen LogP contribution in [0.2, 0.25) is 0 Å². The molecule has 0 spiro atoms. The van der Waals surface area contributed by atoms with Gasteiger partial charge in [0, 0.05) is 23.5 Å². The van der Waals surface area contributed by atoms with Crippen molar-refractivity contribution in [1.29, 1.82) is 0 Å². The van der Waals surface area contributed by atoms with E-state index >= 15 is 0 Å². The average Bonchev–Trinajstić information content (AvgIpc) is 3.17. The topological polar surface area (TPSA) is 57.0 Å². The lowest BCUT2D eigenvalue weighted by atomic mass is 9.93. The summed E-state index contributed by atoms with van der Waals surface area (Å²) in [7, 11) is 0. The molecule has 0 bridgehead atoms. The fourth-order valence-corrected chi connectivity index (χ4v) is 4.23. The highest BCUT2D eigenvalue weighted by atomic mass is 16.5. The molecule has 4 rings (SSSR count). The van der Waals surface area contributed by atoms with Crippen LogP contribution in [0.3, 0.4) is 0 Å². The quantitative estimate of drug-likeness (QED) is 0.744.